The van der Waals surface area contributed by atoms with Gasteiger partial charge in [-0.1, -0.05) is 0 Å². The average Bonchev–Trinajstić information content (AvgIpc) is 2.48. The molecule has 8 heteroatoms. The molecule has 0 unspecified atom stereocenters. The van der Waals surface area contributed by atoms with E-state index in [4.69, 9.17) is 4.74 Å². The first-order chi connectivity index (χ1) is 10.1. The number of sulfonamides is 1. The van der Waals surface area contributed by atoms with Crippen molar-refractivity contribution in [2.45, 2.75) is 6.92 Å². The Balaban J connectivity index is 1.84. The minimum absolute atomic E-state index is 0.0835. The highest BCUT2D eigenvalue weighted by molar-refractivity contribution is 7.92. The number of pyridine rings is 1. The summed E-state index contributed by atoms with van der Waals surface area (Å²) in [6.07, 6.45) is 1.47. The molecule has 1 fully saturated rings. The van der Waals surface area contributed by atoms with Gasteiger partial charge >= 0.3 is 0 Å². The third kappa shape index (κ3) is 5.49. The second kappa shape index (κ2) is 7.58. The fourth-order valence-electron chi connectivity index (χ4n) is 2.09. The van der Waals surface area contributed by atoms with Crippen LogP contribution in [-0.4, -0.2) is 63.4 Å². The summed E-state index contributed by atoms with van der Waals surface area (Å²) in [5.74, 6) is 0.571. The van der Waals surface area contributed by atoms with Gasteiger partial charge < -0.3 is 10.1 Å². The highest BCUT2D eigenvalue weighted by Crippen LogP contribution is 2.13. The lowest BCUT2D eigenvalue weighted by Gasteiger charge is -2.26. The molecule has 1 aliphatic rings. The van der Waals surface area contributed by atoms with Gasteiger partial charge in [0.05, 0.1) is 24.2 Å². The van der Waals surface area contributed by atoms with E-state index in [1.54, 1.807) is 12.1 Å². The molecule has 0 amide bonds. The van der Waals surface area contributed by atoms with Gasteiger partial charge in [0.15, 0.2) is 0 Å². The van der Waals surface area contributed by atoms with Crippen LogP contribution in [0.1, 0.15) is 6.92 Å². The summed E-state index contributed by atoms with van der Waals surface area (Å²) < 4.78 is 31.8. The van der Waals surface area contributed by atoms with Gasteiger partial charge in [-0.2, -0.15) is 0 Å². The maximum atomic E-state index is 12.0. The van der Waals surface area contributed by atoms with Gasteiger partial charge in [-0.25, -0.2) is 13.4 Å². The zero-order chi connectivity index (χ0) is 15.1. The van der Waals surface area contributed by atoms with Crippen LogP contribution in [0.5, 0.6) is 5.88 Å². The van der Waals surface area contributed by atoms with E-state index in [-0.39, 0.29) is 5.75 Å². The Morgan fingerprint density at radius 2 is 2.14 bits per heavy atom. The van der Waals surface area contributed by atoms with Gasteiger partial charge in [-0.05, 0) is 13.0 Å². The maximum Gasteiger partial charge on any atom is 0.234 e. The molecule has 7 nitrogen and oxygen atoms in total. The number of nitrogens with zero attached hydrogens (tertiary/aromatic N) is 2. The Bertz CT molecular complexity index is 527. The standard InChI is InChI=1S/C13H22N4O3S/c1-2-20-13-4-3-12(11-15-13)16-21(18,19)10-9-17-7-5-14-6-8-17/h3-4,11,14,16H,2,5-10H2,1H3. The second-order valence-corrected chi connectivity index (χ2v) is 6.67. The number of piperazine rings is 1. The molecule has 0 aromatic carbocycles. The fraction of sp³-hybridized carbons (Fsp3) is 0.615. The van der Waals surface area contributed by atoms with E-state index in [1.165, 1.54) is 6.20 Å². The Morgan fingerprint density at radius 1 is 1.38 bits per heavy atom. The van der Waals surface area contributed by atoms with Crippen molar-refractivity contribution in [3.8, 4) is 5.88 Å². The lowest BCUT2D eigenvalue weighted by Crippen LogP contribution is -2.45. The van der Waals surface area contributed by atoms with Gasteiger partial charge in [-0.15, -0.1) is 0 Å². The van der Waals surface area contributed by atoms with Crippen molar-refractivity contribution in [2.24, 2.45) is 0 Å². The Labute approximate surface area is 125 Å². The van der Waals surface area contributed by atoms with Crippen molar-refractivity contribution in [3.63, 3.8) is 0 Å². The van der Waals surface area contributed by atoms with E-state index in [9.17, 15) is 8.42 Å². The van der Waals surface area contributed by atoms with E-state index in [2.05, 4.69) is 19.9 Å². The van der Waals surface area contributed by atoms with E-state index >= 15 is 0 Å². The van der Waals surface area contributed by atoms with Crippen LogP contribution < -0.4 is 14.8 Å². The number of hydrogen-bond acceptors (Lipinski definition) is 6. The smallest absolute Gasteiger partial charge is 0.234 e. The molecule has 21 heavy (non-hydrogen) atoms. The number of anilines is 1. The molecule has 1 aromatic heterocycles. The minimum atomic E-state index is -3.35. The maximum absolute atomic E-state index is 12.0. The molecule has 118 valence electrons. The first-order valence-corrected chi connectivity index (χ1v) is 8.77. The average molecular weight is 314 g/mol. The molecule has 0 atom stereocenters. The number of aromatic nitrogens is 1. The lowest BCUT2D eigenvalue weighted by molar-refractivity contribution is 0.254. The SMILES string of the molecule is CCOc1ccc(NS(=O)(=O)CCN2CCNCC2)cn1. The van der Waals surface area contributed by atoms with Crippen LogP contribution in [0.25, 0.3) is 0 Å². The van der Waals surface area contributed by atoms with E-state index in [1.807, 2.05) is 6.92 Å². The molecule has 1 aliphatic heterocycles. The van der Waals surface area contributed by atoms with Crippen LogP contribution in [0.3, 0.4) is 0 Å². The van der Waals surface area contributed by atoms with Crippen molar-refractivity contribution in [3.05, 3.63) is 18.3 Å². The van der Waals surface area contributed by atoms with Gasteiger partial charge in [0.2, 0.25) is 15.9 Å². The molecule has 0 saturated carbocycles. The highest BCUT2D eigenvalue weighted by Gasteiger charge is 2.15. The van der Waals surface area contributed by atoms with Gasteiger partial charge in [-0.3, -0.25) is 9.62 Å². The summed E-state index contributed by atoms with van der Waals surface area (Å²) in [6.45, 7) is 6.55. The van der Waals surface area contributed by atoms with Crippen LogP contribution in [0.15, 0.2) is 18.3 Å². The molecule has 2 rings (SSSR count). The molecule has 0 bridgehead atoms. The molecule has 0 spiro atoms. The van der Waals surface area contributed by atoms with Crippen molar-refractivity contribution in [2.75, 3.05) is 49.8 Å². The van der Waals surface area contributed by atoms with E-state index in [0.29, 0.717) is 24.7 Å². The number of hydrogen-bond donors (Lipinski definition) is 2. The number of ether oxygens (including phenoxy) is 1. The predicted molar refractivity (Wildman–Crippen MR) is 82.1 cm³/mol. The molecule has 1 saturated heterocycles. The molecule has 0 aliphatic carbocycles. The zero-order valence-electron chi connectivity index (χ0n) is 12.2. The Hall–Kier alpha value is -1.38. The van der Waals surface area contributed by atoms with Crippen LogP contribution in [0.2, 0.25) is 0 Å². The Kier molecular flexibility index (Phi) is 5.77. The molecule has 0 radical (unpaired) electrons. The summed E-state index contributed by atoms with van der Waals surface area (Å²) >= 11 is 0. The molecular formula is C13H22N4O3S. The van der Waals surface area contributed by atoms with Gasteiger partial charge in [0.25, 0.3) is 0 Å². The van der Waals surface area contributed by atoms with E-state index < -0.39 is 10.0 Å². The van der Waals surface area contributed by atoms with Gasteiger partial charge in [0.1, 0.15) is 0 Å². The molecule has 2 N–H and O–H groups in total. The van der Waals surface area contributed by atoms with Crippen molar-refractivity contribution in [1.29, 1.82) is 0 Å². The monoisotopic (exact) mass is 314 g/mol. The summed E-state index contributed by atoms with van der Waals surface area (Å²) in [6, 6.07) is 3.30. The molecular weight excluding hydrogens is 292 g/mol. The topological polar surface area (TPSA) is 83.6 Å². The lowest BCUT2D eigenvalue weighted by atomic mass is 10.4. The third-order valence-corrected chi connectivity index (χ3v) is 4.45. The quantitative estimate of drug-likeness (QED) is 0.744. The summed E-state index contributed by atoms with van der Waals surface area (Å²) in [5.41, 5.74) is 0.457. The van der Waals surface area contributed by atoms with Crippen LogP contribution in [0, 0.1) is 0 Å². The van der Waals surface area contributed by atoms with Gasteiger partial charge in [0, 0.05) is 38.8 Å². The zero-order valence-corrected chi connectivity index (χ0v) is 13.0. The predicted octanol–water partition coefficient (Wildman–Crippen LogP) is 0.127. The van der Waals surface area contributed by atoms with E-state index in [0.717, 1.165) is 26.2 Å². The largest absolute Gasteiger partial charge is 0.478 e. The van der Waals surface area contributed by atoms with Crippen molar-refractivity contribution in [1.82, 2.24) is 15.2 Å². The first-order valence-electron chi connectivity index (χ1n) is 7.11. The number of rotatable bonds is 7. The molecule has 1 aromatic rings. The van der Waals surface area contributed by atoms with Crippen LogP contribution >= 0.6 is 0 Å². The fourth-order valence-corrected chi connectivity index (χ4v) is 3.17. The normalized spacial score (nSPS) is 16.6. The summed E-state index contributed by atoms with van der Waals surface area (Å²) in [5, 5.41) is 3.24. The molecule has 2 heterocycles. The second-order valence-electron chi connectivity index (χ2n) is 4.83. The summed E-state index contributed by atoms with van der Waals surface area (Å²) in [4.78, 5) is 6.18. The Morgan fingerprint density at radius 3 is 2.76 bits per heavy atom. The minimum Gasteiger partial charge on any atom is -0.478 e. The highest BCUT2D eigenvalue weighted by atomic mass is 32.2. The number of nitrogens with one attached hydrogen (secondary N) is 2. The van der Waals surface area contributed by atoms with Crippen LogP contribution in [-0.2, 0) is 10.0 Å². The van der Waals surface area contributed by atoms with Crippen molar-refractivity contribution < 1.29 is 13.2 Å². The summed E-state index contributed by atoms with van der Waals surface area (Å²) in [7, 11) is -3.35. The van der Waals surface area contributed by atoms with Crippen LogP contribution in [0.4, 0.5) is 5.69 Å². The van der Waals surface area contributed by atoms with Crippen molar-refractivity contribution >= 4 is 15.7 Å². The third-order valence-electron chi connectivity index (χ3n) is 3.19. The first kappa shape index (κ1) is 16.0.